The number of hydrogen-bond donors (Lipinski definition) is 1. The van der Waals surface area contributed by atoms with Gasteiger partial charge in [0.05, 0.1) is 11.3 Å². The summed E-state index contributed by atoms with van der Waals surface area (Å²) in [6, 6.07) is 4.61. The molecule has 108 valence electrons. The average Bonchev–Trinajstić information content (AvgIpc) is 2.38. The van der Waals surface area contributed by atoms with Gasteiger partial charge in [-0.2, -0.15) is 0 Å². The van der Waals surface area contributed by atoms with Crippen LogP contribution in [0.5, 0.6) is 5.75 Å². The van der Waals surface area contributed by atoms with Gasteiger partial charge in [-0.05, 0) is 38.5 Å². The molecule has 2 rings (SSSR count). The third kappa shape index (κ3) is 2.48. The molecule has 0 aromatic heterocycles. The van der Waals surface area contributed by atoms with Gasteiger partial charge in [0, 0.05) is 6.54 Å². The van der Waals surface area contributed by atoms with Crippen molar-refractivity contribution in [3.05, 3.63) is 23.8 Å². The lowest BCUT2D eigenvalue weighted by Gasteiger charge is -2.38. The third-order valence-corrected chi connectivity index (χ3v) is 3.36. The van der Waals surface area contributed by atoms with Crippen molar-refractivity contribution in [3.8, 4) is 5.75 Å². The van der Waals surface area contributed by atoms with Gasteiger partial charge in [-0.25, -0.2) is 4.79 Å². The van der Waals surface area contributed by atoms with E-state index < -0.39 is 11.6 Å². The molecule has 0 saturated heterocycles. The number of fused-ring (bicyclic) bond motifs is 1. The molecule has 1 aromatic rings. The number of anilines is 1. The quantitative estimate of drug-likeness (QED) is 0.918. The average molecular weight is 277 g/mol. The summed E-state index contributed by atoms with van der Waals surface area (Å²) >= 11 is 0. The summed E-state index contributed by atoms with van der Waals surface area (Å²) in [4.78, 5) is 25.1. The van der Waals surface area contributed by atoms with Gasteiger partial charge in [-0.3, -0.25) is 4.79 Å². The van der Waals surface area contributed by atoms with Crippen LogP contribution in [0.4, 0.5) is 5.69 Å². The number of rotatable bonds is 4. The second-order valence-electron chi connectivity index (χ2n) is 5.41. The Bertz CT molecular complexity index is 551. The predicted octanol–water partition coefficient (Wildman–Crippen LogP) is 2.69. The number of nitrogens with zero attached hydrogens (tertiary/aromatic N) is 1. The van der Waals surface area contributed by atoms with Crippen LogP contribution in [0.25, 0.3) is 0 Å². The molecule has 0 fully saturated rings. The maximum absolute atomic E-state index is 12.4. The Kier molecular flexibility index (Phi) is 3.70. The first kappa shape index (κ1) is 14.4. The monoisotopic (exact) mass is 277 g/mol. The van der Waals surface area contributed by atoms with Gasteiger partial charge in [0.25, 0.3) is 5.91 Å². The lowest BCUT2D eigenvalue weighted by molar-refractivity contribution is -0.132. The minimum absolute atomic E-state index is 0.0958. The van der Waals surface area contributed by atoms with Crippen molar-refractivity contribution in [2.24, 2.45) is 0 Å². The number of amides is 1. The van der Waals surface area contributed by atoms with Crippen LogP contribution in [0.2, 0.25) is 0 Å². The smallest absolute Gasteiger partial charge is 0.335 e. The van der Waals surface area contributed by atoms with Crippen molar-refractivity contribution in [1.82, 2.24) is 0 Å². The number of carbonyl (C=O) groups is 2. The highest BCUT2D eigenvalue weighted by Crippen LogP contribution is 2.38. The van der Waals surface area contributed by atoms with E-state index in [9.17, 15) is 9.59 Å². The van der Waals surface area contributed by atoms with E-state index in [1.807, 2.05) is 0 Å². The summed E-state index contributed by atoms with van der Waals surface area (Å²) in [6.45, 7) is 6.07. The summed E-state index contributed by atoms with van der Waals surface area (Å²) in [6.07, 6.45) is 1.87. The number of carboxylic acids is 1. The Morgan fingerprint density at radius 2 is 2.10 bits per heavy atom. The van der Waals surface area contributed by atoms with Crippen molar-refractivity contribution in [1.29, 1.82) is 0 Å². The topological polar surface area (TPSA) is 66.8 Å². The Hall–Kier alpha value is -2.04. The number of unbranched alkanes of at least 4 members (excludes halogenated alkanes) is 1. The highest BCUT2D eigenvalue weighted by Gasteiger charge is 2.40. The van der Waals surface area contributed by atoms with Crippen molar-refractivity contribution in [2.45, 2.75) is 39.2 Å². The van der Waals surface area contributed by atoms with Crippen LogP contribution in [-0.2, 0) is 4.79 Å². The molecule has 20 heavy (non-hydrogen) atoms. The van der Waals surface area contributed by atoms with Gasteiger partial charge < -0.3 is 14.7 Å². The van der Waals surface area contributed by atoms with E-state index >= 15 is 0 Å². The molecule has 1 amide bonds. The van der Waals surface area contributed by atoms with Gasteiger partial charge in [0.1, 0.15) is 5.75 Å². The summed E-state index contributed by atoms with van der Waals surface area (Å²) in [7, 11) is 0. The normalized spacial score (nSPS) is 16.6. The number of carboxylic acid groups (broad SMARTS) is 1. The van der Waals surface area contributed by atoms with Crippen LogP contribution in [0.1, 0.15) is 44.0 Å². The van der Waals surface area contributed by atoms with Gasteiger partial charge in [-0.15, -0.1) is 0 Å². The summed E-state index contributed by atoms with van der Waals surface area (Å²) in [5.41, 5.74) is -0.171. The number of carbonyl (C=O) groups excluding carboxylic acids is 1. The van der Waals surface area contributed by atoms with Crippen molar-refractivity contribution >= 4 is 17.6 Å². The van der Waals surface area contributed by atoms with Gasteiger partial charge >= 0.3 is 5.97 Å². The molecule has 0 saturated carbocycles. The fourth-order valence-corrected chi connectivity index (χ4v) is 2.24. The second-order valence-corrected chi connectivity index (χ2v) is 5.41. The Morgan fingerprint density at radius 3 is 2.70 bits per heavy atom. The Morgan fingerprint density at radius 1 is 1.40 bits per heavy atom. The van der Waals surface area contributed by atoms with Gasteiger partial charge in [0.2, 0.25) is 0 Å². The molecule has 1 aromatic carbocycles. The van der Waals surface area contributed by atoms with E-state index in [1.165, 1.54) is 12.1 Å². The molecule has 5 heteroatoms. The van der Waals surface area contributed by atoms with Crippen molar-refractivity contribution in [2.75, 3.05) is 11.4 Å². The van der Waals surface area contributed by atoms with E-state index in [4.69, 9.17) is 9.84 Å². The molecular formula is C15H19NO4. The minimum atomic E-state index is -1.01. The summed E-state index contributed by atoms with van der Waals surface area (Å²) < 4.78 is 5.68. The lowest BCUT2D eigenvalue weighted by Crippen LogP contribution is -2.52. The first-order valence-electron chi connectivity index (χ1n) is 6.75. The van der Waals surface area contributed by atoms with Crippen LogP contribution >= 0.6 is 0 Å². The maximum Gasteiger partial charge on any atom is 0.335 e. The molecule has 0 unspecified atom stereocenters. The zero-order valence-electron chi connectivity index (χ0n) is 12.0. The van der Waals surface area contributed by atoms with Crippen LogP contribution in [0.15, 0.2) is 18.2 Å². The van der Waals surface area contributed by atoms with Crippen LogP contribution < -0.4 is 9.64 Å². The maximum atomic E-state index is 12.4. The summed E-state index contributed by atoms with van der Waals surface area (Å²) in [5, 5.41) is 9.04. The highest BCUT2D eigenvalue weighted by molar-refractivity contribution is 6.03. The van der Waals surface area contributed by atoms with E-state index in [1.54, 1.807) is 24.8 Å². The van der Waals surface area contributed by atoms with E-state index in [0.717, 1.165) is 12.8 Å². The first-order valence-corrected chi connectivity index (χ1v) is 6.75. The van der Waals surface area contributed by atoms with Crippen molar-refractivity contribution in [3.63, 3.8) is 0 Å². The molecule has 0 atom stereocenters. The SMILES string of the molecule is CCCCN1C(=O)C(C)(C)Oc2cc(C(=O)O)ccc21. The Labute approximate surface area is 118 Å². The van der Waals surface area contributed by atoms with Gasteiger partial charge in [0.15, 0.2) is 5.60 Å². The molecule has 1 aliphatic rings. The second kappa shape index (κ2) is 5.15. The minimum Gasteiger partial charge on any atom is -0.478 e. The number of aromatic carboxylic acids is 1. The van der Waals surface area contributed by atoms with Crippen LogP contribution in [-0.4, -0.2) is 29.1 Å². The fraction of sp³-hybridized carbons (Fsp3) is 0.467. The van der Waals surface area contributed by atoms with E-state index in [0.29, 0.717) is 18.0 Å². The molecule has 0 radical (unpaired) electrons. The largest absolute Gasteiger partial charge is 0.478 e. The molecular weight excluding hydrogens is 258 g/mol. The van der Waals surface area contributed by atoms with E-state index in [-0.39, 0.29) is 11.5 Å². The third-order valence-electron chi connectivity index (χ3n) is 3.36. The zero-order valence-corrected chi connectivity index (χ0v) is 12.0. The molecule has 0 aliphatic carbocycles. The molecule has 1 N–H and O–H groups in total. The van der Waals surface area contributed by atoms with Crippen LogP contribution in [0.3, 0.4) is 0 Å². The molecule has 5 nitrogen and oxygen atoms in total. The lowest BCUT2D eigenvalue weighted by atomic mass is 10.0. The highest BCUT2D eigenvalue weighted by atomic mass is 16.5. The van der Waals surface area contributed by atoms with Crippen molar-refractivity contribution < 1.29 is 19.4 Å². The summed E-state index contributed by atoms with van der Waals surface area (Å²) in [5.74, 6) is -0.654. The fourth-order valence-electron chi connectivity index (χ4n) is 2.24. The number of ether oxygens (including phenoxy) is 1. The van der Waals surface area contributed by atoms with Gasteiger partial charge in [-0.1, -0.05) is 13.3 Å². The molecule has 0 bridgehead atoms. The Balaban J connectivity index is 2.45. The standard InChI is InChI=1S/C15H19NO4/c1-4-5-8-16-11-7-6-10(13(17)18)9-12(11)20-15(2,3)14(16)19/h6-7,9H,4-5,8H2,1-3H3,(H,17,18). The number of benzene rings is 1. The molecule has 1 aliphatic heterocycles. The van der Waals surface area contributed by atoms with E-state index in [2.05, 4.69) is 6.92 Å². The number of hydrogen-bond acceptors (Lipinski definition) is 3. The molecule has 0 spiro atoms. The molecule has 1 heterocycles. The predicted molar refractivity (Wildman–Crippen MR) is 75.4 cm³/mol. The first-order chi connectivity index (χ1) is 9.36. The van der Waals surface area contributed by atoms with Crippen LogP contribution in [0, 0.1) is 0 Å². The zero-order chi connectivity index (χ0) is 14.9.